The van der Waals surface area contributed by atoms with Gasteiger partial charge in [0.1, 0.15) is 5.82 Å². The van der Waals surface area contributed by atoms with Crippen molar-refractivity contribution in [3.05, 3.63) is 22.3 Å². The lowest BCUT2D eigenvalue weighted by atomic mass is 10.0. The first kappa shape index (κ1) is 13.3. The molecule has 1 aromatic heterocycles. The number of nitrogens with zero attached hydrogens (tertiary/aromatic N) is 1. The highest BCUT2D eigenvalue weighted by molar-refractivity contribution is 9.10. The molecule has 1 saturated carbocycles. The summed E-state index contributed by atoms with van der Waals surface area (Å²) in [5, 5.41) is 5.95. The van der Waals surface area contributed by atoms with Crippen LogP contribution in [0.4, 0.5) is 5.82 Å². The fourth-order valence-electron chi connectivity index (χ4n) is 2.01. The van der Waals surface area contributed by atoms with E-state index in [9.17, 15) is 4.79 Å². The molecule has 0 aliphatic heterocycles. The van der Waals surface area contributed by atoms with Crippen molar-refractivity contribution in [3.63, 3.8) is 0 Å². The monoisotopic (exact) mass is 311 g/mol. The Hall–Kier alpha value is -1.10. The van der Waals surface area contributed by atoms with Gasteiger partial charge < -0.3 is 10.6 Å². The van der Waals surface area contributed by atoms with E-state index in [1.807, 2.05) is 0 Å². The molecule has 1 amide bonds. The van der Waals surface area contributed by atoms with Crippen LogP contribution in [0.2, 0.25) is 0 Å². The van der Waals surface area contributed by atoms with Gasteiger partial charge in [0, 0.05) is 24.3 Å². The van der Waals surface area contributed by atoms with E-state index in [4.69, 9.17) is 0 Å². The number of nitrogens with one attached hydrogen (secondary N) is 2. The number of rotatable bonds is 5. The predicted octanol–water partition coefficient (Wildman–Crippen LogP) is 2.81. The molecule has 5 heteroatoms. The molecule has 1 fully saturated rings. The predicted molar refractivity (Wildman–Crippen MR) is 75.8 cm³/mol. The molecule has 0 unspecified atom stereocenters. The third-order valence-corrected chi connectivity index (χ3v) is 4.10. The molecular formula is C13H18BrN3O. The number of pyridine rings is 1. The average molecular weight is 312 g/mol. The molecule has 2 N–H and O–H groups in total. The minimum absolute atomic E-state index is 0.0622. The van der Waals surface area contributed by atoms with E-state index in [1.165, 1.54) is 12.8 Å². The molecule has 18 heavy (non-hydrogen) atoms. The van der Waals surface area contributed by atoms with Gasteiger partial charge in [0.15, 0.2) is 0 Å². The second-order valence-corrected chi connectivity index (χ2v) is 5.75. The van der Waals surface area contributed by atoms with E-state index in [-0.39, 0.29) is 5.91 Å². The summed E-state index contributed by atoms with van der Waals surface area (Å²) in [6, 6.07) is 1.79. The number of anilines is 1. The van der Waals surface area contributed by atoms with Crippen LogP contribution in [0, 0.1) is 5.41 Å². The van der Waals surface area contributed by atoms with Gasteiger partial charge in [-0.2, -0.15) is 0 Å². The zero-order chi connectivity index (χ0) is 13.2. The topological polar surface area (TPSA) is 54.0 Å². The molecule has 98 valence electrons. The molecule has 0 saturated heterocycles. The van der Waals surface area contributed by atoms with Crippen molar-refractivity contribution in [1.29, 1.82) is 0 Å². The molecule has 2 rings (SSSR count). The third-order valence-electron chi connectivity index (χ3n) is 3.67. The van der Waals surface area contributed by atoms with Crippen LogP contribution < -0.4 is 10.6 Å². The summed E-state index contributed by atoms with van der Waals surface area (Å²) in [7, 11) is 1.77. The summed E-state index contributed by atoms with van der Waals surface area (Å²) < 4.78 is 0.809. The quantitative estimate of drug-likeness (QED) is 0.879. The maximum atomic E-state index is 12.2. The molecule has 0 radical (unpaired) electrons. The van der Waals surface area contributed by atoms with Crippen molar-refractivity contribution in [2.75, 3.05) is 18.9 Å². The number of amides is 1. The van der Waals surface area contributed by atoms with Crippen molar-refractivity contribution in [2.45, 2.75) is 26.2 Å². The largest absolute Gasteiger partial charge is 0.372 e. The zero-order valence-corrected chi connectivity index (χ0v) is 12.3. The molecule has 1 aromatic rings. The number of aromatic nitrogens is 1. The number of halogens is 1. The standard InChI is InChI=1S/C13H18BrN3O/c1-3-13(4-5-13)8-17-12(18)10-6-9(14)7-16-11(10)15-2/h6-7H,3-5,8H2,1-2H3,(H,15,16)(H,17,18). The van der Waals surface area contributed by atoms with E-state index < -0.39 is 0 Å². The highest BCUT2D eigenvalue weighted by atomic mass is 79.9. The first-order chi connectivity index (χ1) is 8.60. The highest BCUT2D eigenvalue weighted by Gasteiger charge is 2.40. The number of hydrogen-bond donors (Lipinski definition) is 2. The van der Waals surface area contributed by atoms with Crippen LogP contribution in [0.15, 0.2) is 16.7 Å². The smallest absolute Gasteiger partial charge is 0.255 e. The minimum atomic E-state index is -0.0622. The normalized spacial score (nSPS) is 16.2. The van der Waals surface area contributed by atoms with Crippen LogP contribution in [0.3, 0.4) is 0 Å². The van der Waals surface area contributed by atoms with E-state index >= 15 is 0 Å². The molecule has 0 spiro atoms. The van der Waals surface area contributed by atoms with Crippen molar-refractivity contribution in [2.24, 2.45) is 5.41 Å². The maximum absolute atomic E-state index is 12.2. The summed E-state index contributed by atoms with van der Waals surface area (Å²) in [4.78, 5) is 16.3. The number of carbonyl (C=O) groups is 1. The van der Waals surface area contributed by atoms with Gasteiger partial charge >= 0.3 is 0 Å². The van der Waals surface area contributed by atoms with Gasteiger partial charge in [0.2, 0.25) is 0 Å². The van der Waals surface area contributed by atoms with E-state index in [2.05, 4.69) is 38.5 Å². The summed E-state index contributed by atoms with van der Waals surface area (Å²) in [5.41, 5.74) is 0.938. The zero-order valence-electron chi connectivity index (χ0n) is 10.7. The van der Waals surface area contributed by atoms with Gasteiger partial charge in [-0.3, -0.25) is 4.79 Å². The fourth-order valence-corrected chi connectivity index (χ4v) is 2.34. The molecule has 0 atom stereocenters. The Morgan fingerprint density at radius 2 is 2.28 bits per heavy atom. The fraction of sp³-hybridized carbons (Fsp3) is 0.538. The average Bonchev–Trinajstić information content (AvgIpc) is 3.16. The Morgan fingerprint density at radius 3 is 2.83 bits per heavy atom. The molecule has 1 aliphatic rings. The lowest BCUT2D eigenvalue weighted by Gasteiger charge is -2.14. The Morgan fingerprint density at radius 1 is 1.56 bits per heavy atom. The van der Waals surface area contributed by atoms with Gasteiger partial charge in [-0.05, 0) is 46.7 Å². The molecule has 0 bridgehead atoms. The number of carbonyl (C=O) groups excluding carboxylic acids is 1. The van der Waals surface area contributed by atoms with Crippen molar-refractivity contribution < 1.29 is 4.79 Å². The van der Waals surface area contributed by atoms with Crippen LogP contribution in [-0.4, -0.2) is 24.5 Å². The Kier molecular flexibility index (Phi) is 3.90. The first-order valence-corrected chi connectivity index (χ1v) is 7.01. The van der Waals surface area contributed by atoms with E-state index in [1.54, 1.807) is 19.3 Å². The molecule has 0 aromatic carbocycles. The molecule has 1 aliphatic carbocycles. The molecule has 4 nitrogen and oxygen atoms in total. The Balaban J connectivity index is 2.06. The number of hydrogen-bond acceptors (Lipinski definition) is 3. The lowest BCUT2D eigenvalue weighted by Crippen LogP contribution is -2.30. The van der Waals surface area contributed by atoms with Gasteiger partial charge in [-0.15, -0.1) is 0 Å². The molecular weight excluding hydrogens is 294 g/mol. The van der Waals surface area contributed by atoms with Crippen molar-refractivity contribution >= 4 is 27.7 Å². The van der Waals surface area contributed by atoms with Gasteiger partial charge in [0.05, 0.1) is 5.56 Å². The Labute approximate surface area is 116 Å². The van der Waals surface area contributed by atoms with Crippen LogP contribution in [0.1, 0.15) is 36.5 Å². The summed E-state index contributed by atoms with van der Waals surface area (Å²) >= 11 is 3.34. The first-order valence-electron chi connectivity index (χ1n) is 6.22. The maximum Gasteiger partial charge on any atom is 0.255 e. The van der Waals surface area contributed by atoms with Crippen LogP contribution in [0.25, 0.3) is 0 Å². The van der Waals surface area contributed by atoms with Crippen LogP contribution in [-0.2, 0) is 0 Å². The van der Waals surface area contributed by atoms with Crippen LogP contribution in [0.5, 0.6) is 0 Å². The molecule has 1 heterocycles. The minimum Gasteiger partial charge on any atom is -0.372 e. The summed E-state index contributed by atoms with van der Waals surface area (Å²) in [5.74, 6) is 0.546. The Bertz CT molecular complexity index is 458. The third kappa shape index (κ3) is 2.83. The van der Waals surface area contributed by atoms with Crippen LogP contribution >= 0.6 is 15.9 Å². The van der Waals surface area contributed by atoms with Crippen molar-refractivity contribution in [3.8, 4) is 0 Å². The summed E-state index contributed by atoms with van der Waals surface area (Å²) in [6.45, 7) is 2.94. The summed E-state index contributed by atoms with van der Waals surface area (Å²) in [6.07, 6.45) is 5.25. The van der Waals surface area contributed by atoms with Crippen molar-refractivity contribution in [1.82, 2.24) is 10.3 Å². The second kappa shape index (κ2) is 5.26. The van der Waals surface area contributed by atoms with Gasteiger partial charge in [0.25, 0.3) is 5.91 Å². The highest BCUT2D eigenvalue weighted by Crippen LogP contribution is 2.47. The SMILES string of the molecule is CCC1(CNC(=O)c2cc(Br)cnc2NC)CC1. The van der Waals surface area contributed by atoms with Gasteiger partial charge in [-0.25, -0.2) is 4.98 Å². The second-order valence-electron chi connectivity index (χ2n) is 4.84. The lowest BCUT2D eigenvalue weighted by molar-refractivity contribution is 0.0945. The van der Waals surface area contributed by atoms with E-state index in [0.717, 1.165) is 17.4 Å². The van der Waals surface area contributed by atoms with E-state index in [0.29, 0.717) is 16.8 Å². The van der Waals surface area contributed by atoms with Gasteiger partial charge in [-0.1, -0.05) is 6.92 Å².